The first-order chi connectivity index (χ1) is 27.7. The van der Waals surface area contributed by atoms with Crippen molar-refractivity contribution in [3.05, 3.63) is 150 Å². The van der Waals surface area contributed by atoms with Gasteiger partial charge in [0.05, 0.1) is 11.0 Å². The molecule has 0 N–H and O–H groups in total. The van der Waals surface area contributed by atoms with Crippen molar-refractivity contribution in [1.29, 1.82) is 0 Å². The molecule has 3 nitrogen and oxygen atoms in total. The van der Waals surface area contributed by atoms with Gasteiger partial charge in [0, 0.05) is 49.6 Å². The van der Waals surface area contributed by atoms with Crippen molar-refractivity contribution in [1.82, 2.24) is 4.57 Å². The molecule has 2 aliphatic heterocycles. The molecule has 0 fully saturated rings. The molecule has 272 valence electrons. The maximum atomic E-state index is 7.06. The van der Waals surface area contributed by atoms with E-state index in [-0.39, 0.29) is 17.7 Å². The number of hydrogen-bond donors (Lipinski definition) is 0. The molecule has 0 unspecified atom stereocenters. The Morgan fingerprint density at radius 1 is 0.526 bits per heavy atom. The van der Waals surface area contributed by atoms with Gasteiger partial charge in [-0.1, -0.05) is 131 Å². The lowest BCUT2D eigenvalue weighted by molar-refractivity contribution is 0.332. The summed E-state index contributed by atoms with van der Waals surface area (Å²) >= 11 is 0. The van der Waals surface area contributed by atoms with E-state index in [1.165, 1.54) is 112 Å². The highest BCUT2D eigenvalue weighted by Gasteiger charge is 2.47. The molecule has 8 aromatic carbocycles. The predicted molar refractivity (Wildman–Crippen MR) is 242 cm³/mol. The maximum absolute atomic E-state index is 7.06. The second kappa shape index (κ2) is 10.6. The van der Waals surface area contributed by atoms with Gasteiger partial charge in [-0.3, -0.25) is 0 Å². The van der Waals surface area contributed by atoms with Crippen molar-refractivity contribution >= 4 is 94.4 Å². The lowest BCUT2D eigenvalue weighted by Crippen LogP contribution is -2.60. The van der Waals surface area contributed by atoms with Crippen LogP contribution in [0.5, 0.6) is 0 Å². The normalized spacial score (nSPS) is 16.2. The monoisotopic (exact) mass is 732 g/mol. The molecule has 13 rings (SSSR count). The topological polar surface area (TPSA) is 21.3 Å². The zero-order valence-electron chi connectivity index (χ0n) is 33.0. The summed E-state index contributed by atoms with van der Waals surface area (Å²) in [5, 5.41) is 9.95. The number of para-hydroxylation sites is 2. The summed E-state index contributed by atoms with van der Waals surface area (Å²) in [6.07, 6.45) is 2.36. The van der Waals surface area contributed by atoms with E-state index in [1.807, 2.05) is 0 Å². The van der Waals surface area contributed by atoms with Gasteiger partial charge >= 0.3 is 6.85 Å². The third-order valence-electron chi connectivity index (χ3n) is 14.3. The van der Waals surface area contributed by atoms with Crippen LogP contribution in [0.4, 0.5) is 11.4 Å². The summed E-state index contributed by atoms with van der Waals surface area (Å²) in [5.74, 6) is 0. The van der Waals surface area contributed by atoms with Crippen molar-refractivity contribution in [2.24, 2.45) is 0 Å². The molecular weight excluding hydrogens is 691 g/mol. The number of benzene rings is 8. The fourth-order valence-corrected chi connectivity index (χ4v) is 11.4. The van der Waals surface area contributed by atoms with Crippen molar-refractivity contribution in [3.63, 3.8) is 0 Å². The van der Waals surface area contributed by atoms with E-state index in [4.69, 9.17) is 4.42 Å². The van der Waals surface area contributed by atoms with Gasteiger partial charge in [0.2, 0.25) is 0 Å². The smallest absolute Gasteiger partial charge is 0.333 e. The molecule has 4 heteroatoms. The van der Waals surface area contributed by atoms with Crippen molar-refractivity contribution in [3.8, 4) is 16.8 Å². The third-order valence-corrected chi connectivity index (χ3v) is 14.3. The highest BCUT2D eigenvalue weighted by Crippen LogP contribution is 2.53. The number of fused-ring (bicyclic) bond motifs is 16. The quantitative estimate of drug-likeness (QED) is 0.157. The minimum Gasteiger partial charge on any atom is -0.455 e. The zero-order valence-corrected chi connectivity index (χ0v) is 33.0. The Bertz CT molecular complexity index is 3450. The molecule has 0 saturated heterocycles. The predicted octanol–water partition coefficient (Wildman–Crippen LogP) is 12.9. The summed E-state index contributed by atoms with van der Waals surface area (Å²) in [5.41, 5.74) is 17.8. The Kier molecular flexibility index (Phi) is 5.91. The number of hydrogen-bond acceptors (Lipinski definition) is 2. The van der Waals surface area contributed by atoms with Gasteiger partial charge in [-0.15, -0.1) is 0 Å². The van der Waals surface area contributed by atoms with Crippen LogP contribution >= 0.6 is 0 Å². The molecule has 0 amide bonds. The highest BCUT2D eigenvalue weighted by molar-refractivity contribution is 6.94. The minimum absolute atomic E-state index is 0.0634. The Morgan fingerprint density at radius 2 is 1.19 bits per heavy atom. The number of rotatable bonds is 1. The number of aromatic nitrogens is 1. The van der Waals surface area contributed by atoms with Crippen LogP contribution < -0.4 is 15.7 Å². The van der Waals surface area contributed by atoms with Gasteiger partial charge in [0.15, 0.2) is 0 Å². The second-order valence-electron chi connectivity index (χ2n) is 18.3. The zero-order chi connectivity index (χ0) is 38.1. The molecule has 0 saturated carbocycles. The standard InChI is InChI=1S/C53H41BN2O/c1-30-27-39-40(53(4,5)26-25-52(39,2)3)29-43(30)56-42-24-23-38-35-17-10-11-20-45(35)57-51(38)47(42)46-33-15-8-7-14-32(33)28-44-48(46)54(56)41-19-12-18-36-37-22-21-31-13-6-9-16-34(31)49(37)55(44)50(36)41/h6-24,27-29H,25-26H2,1-5H3. The van der Waals surface area contributed by atoms with Gasteiger partial charge < -0.3 is 13.8 Å². The lowest BCUT2D eigenvalue weighted by Gasteiger charge is -2.46. The van der Waals surface area contributed by atoms with E-state index in [2.05, 4.69) is 177 Å². The molecule has 0 spiro atoms. The summed E-state index contributed by atoms with van der Waals surface area (Å²) < 4.78 is 9.68. The Balaban J connectivity index is 1.26. The van der Waals surface area contributed by atoms with E-state index in [1.54, 1.807) is 0 Å². The van der Waals surface area contributed by atoms with Crippen LogP contribution in [-0.4, -0.2) is 11.4 Å². The second-order valence-corrected chi connectivity index (χ2v) is 18.3. The maximum Gasteiger partial charge on any atom is 0.333 e. The molecule has 0 atom stereocenters. The first-order valence-corrected chi connectivity index (χ1v) is 20.6. The van der Waals surface area contributed by atoms with Crippen molar-refractivity contribution in [2.75, 3.05) is 4.81 Å². The van der Waals surface area contributed by atoms with E-state index in [0.29, 0.717) is 0 Å². The molecule has 57 heavy (non-hydrogen) atoms. The van der Waals surface area contributed by atoms with Crippen molar-refractivity contribution in [2.45, 2.75) is 58.3 Å². The van der Waals surface area contributed by atoms with Crippen LogP contribution in [0.25, 0.3) is 82.1 Å². The Morgan fingerprint density at radius 3 is 2.02 bits per heavy atom. The van der Waals surface area contributed by atoms with Crippen LogP contribution in [0, 0.1) is 6.92 Å². The summed E-state index contributed by atoms with van der Waals surface area (Å²) in [4.78, 5) is 2.71. The van der Waals surface area contributed by atoms with E-state index >= 15 is 0 Å². The molecule has 3 aliphatic rings. The van der Waals surface area contributed by atoms with Gasteiger partial charge in [-0.05, 0) is 110 Å². The highest BCUT2D eigenvalue weighted by atomic mass is 16.3. The van der Waals surface area contributed by atoms with Gasteiger partial charge in [-0.25, -0.2) is 0 Å². The number of aryl methyl sites for hydroxylation is 1. The molecule has 10 aromatic rings. The molecule has 1 aliphatic carbocycles. The largest absolute Gasteiger partial charge is 0.455 e. The van der Waals surface area contributed by atoms with Gasteiger partial charge in [-0.2, -0.15) is 0 Å². The fourth-order valence-electron chi connectivity index (χ4n) is 11.4. The lowest BCUT2D eigenvalue weighted by atomic mass is 9.43. The van der Waals surface area contributed by atoms with Gasteiger partial charge in [0.25, 0.3) is 0 Å². The van der Waals surface area contributed by atoms with Crippen LogP contribution in [0.3, 0.4) is 0 Å². The minimum atomic E-state index is -0.0721. The van der Waals surface area contributed by atoms with E-state index in [9.17, 15) is 0 Å². The molecule has 0 radical (unpaired) electrons. The molecule has 4 heterocycles. The molecule has 0 bridgehead atoms. The Labute approximate surface area is 332 Å². The number of anilines is 2. The van der Waals surface area contributed by atoms with E-state index < -0.39 is 0 Å². The average Bonchev–Trinajstić information content (AvgIpc) is 3.78. The molecular formula is C53H41BN2O. The summed E-state index contributed by atoms with van der Waals surface area (Å²) in [7, 11) is 0. The van der Waals surface area contributed by atoms with Crippen molar-refractivity contribution < 1.29 is 4.42 Å². The SMILES string of the molecule is Cc1cc2c(cc1N1B3c4c(cc5ccccc5c4-c4c1ccc1c4oc4ccccc41)-n1c4c3cccc4c3ccc4ccccc4c31)C(C)(C)CCC2(C)C. The van der Waals surface area contributed by atoms with Crippen LogP contribution in [0.2, 0.25) is 0 Å². The van der Waals surface area contributed by atoms with Crippen LogP contribution in [-0.2, 0) is 10.8 Å². The van der Waals surface area contributed by atoms with E-state index in [0.717, 1.165) is 21.9 Å². The van der Waals surface area contributed by atoms with Crippen LogP contribution in [0.15, 0.2) is 138 Å². The van der Waals surface area contributed by atoms with Gasteiger partial charge in [0.1, 0.15) is 11.2 Å². The molecule has 2 aromatic heterocycles. The fraction of sp³-hybridized carbons (Fsp3) is 0.170. The summed E-state index contributed by atoms with van der Waals surface area (Å²) in [6.45, 7) is 12.0. The average molecular weight is 733 g/mol. The first-order valence-electron chi connectivity index (χ1n) is 20.6. The van der Waals surface area contributed by atoms with Crippen LogP contribution in [0.1, 0.15) is 57.2 Å². The first kappa shape index (κ1) is 31.9. The number of nitrogens with zero attached hydrogens (tertiary/aromatic N) is 2. The Hall–Kier alpha value is -6.26. The third kappa shape index (κ3) is 3.94. The summed E-state index contributed by atoms with van der Waals surface area (Å²) in [6, 6.07) is 50.5. The number of furan rings is 1.